The normalized spacial score (nSPS) is 11.9. The second-order valence-electron chi connectivity index (χ2n) is 15.6. The van der Waals surface area contributed by atoms with Gasteiger partial charge >= 0.3 is 0 Å². The van der Waals surface area contributed by atoms with Crippen molar-refractivity contribution in [2.45, 2.75) is 0 Å². The van der Waals surface area contributed by atoms with Crippen LogP contribution < -0.4 is 0 Å². The van der Waals surface area contributed by atoms with Gasteiger partial charge in [-0.25, -0.2) is 4.98 Å². The predicted molar refractivity (Wildman–Crippen MR) is 250 cm³/mol. The highest BCUT2D eigenvalue weighted by molar-refractivity contribution is 6.19. The number of aromatic nitrogens is 5. The molecule has 0 saturated heterocycles. The zero-order valence-electron chi connectivity index (χ0n) is 32.7. The molecule has 0 unspecified atom stereocenters. The molecule has 0 spiro atoms. The van der Waals surface area contributed by atoms with Crippen LogP contribution in [0.2, 0.25) is 0 Å². The highest BCUT2D eigenvalue weighted by Gasteiger charge is 2.20. The summed E-state index contributed by atoms with van der Waals surface area (Å²) in [4.78, 5) is 15.6. The van der Waals surface area contributed by atoms with Gasteiger partial charge in [0, 0.05) is 49.1 Å². The summed E-state index contributed by atoms with van der Waals surface area (Å²) < 4.78 is 10.9. The Morgan fingerprint density at radius 1 is 0.328 bits per heavy atom. The van der Waals surface area contributed by atoms with E-state index in [1.807, 2.05) is 42.5 Å². The lowest BCUT2D eigenvalue weighted by molar-refractivity contribution is 0.669. The second-order valence-corrected chi connectivity index (χ2v) is 15.6. The van der Waals surface area contributed by atoms with Crippen molar-refractivity contribution in [3.63, 3.8) is 0 Å². The molecular weight excluding hydrogens is 747 g/mol. The first-order chi connectivity index (χ1) is 30.2. The summed E-state index contributed by atoms with van der Waals surface area (Å²) in [7, 11) is 0. The van der Waals surface area contributed by atoms with Crippen LogP contribution in [0.5, 0.6) is 0 Å². The van der Waals surface area contributed by atoms with E-state index in [4.69, 9.17) is 19.4 Å². The van der Waals surface area contributed by atoms with Crippen LogP contribution in [0.15, 0.2) is 205 Å². The van der Waals surface area contributed by atoms with Gasteiger partial charge in [0.25, 0.3) is 0 Å². The van der Waals surface area contributed by atoms with Crippen LogP contribution in [-0.4, -0.2) is 24.1 Å². The topological polar surface area (TPSA) is 61.7 Å². The molecule has 4 aromatic heterocycles. The summed E-state index contributed by atoms with van der Waals surface area (Å²) in [5.74, 6) is 1.75. The van der Waals surface area contributed by atoms with Crippen molar-refractivity contribution < 1.29 is 4.42 Å². The minimum absolute atomic E-state index is 0.556. The van der Waals surface area contributed by atoms with Crippen LogP contribution in [0.4, 0.5) is 0 Å². The smallest absolute Gasteiger partial charge is 0.238 e. The van der Waals surface area contributed by atoms with Crippen molar-refractivity contribution in [3.8, 4) is 45.5 Å². The highest BCUT2D eigenvalue weighted by atomic mass is 16.3. The number of para-hydroxylation sites is 3. The monoisotopic (exact) mass is 779 g/mol. The number of benzene rings is 9. The quantitative estimate of drug-likeness (QED) is 0.175. The zero-order chi connectivity index (χ0) is 40.0. The number of fused-ring (bicyclic) bond motifs is 11. The van der Waals surface area contributed by atoms with Crippen molar-refractivity contribution >= 4 is 76.3 Å². The third-order valence-electron chi connectivity index (χ3n) is 12.2. The fourth-order valence-electron chi connectivity index (χ4n) is 9.37. The van der Waals surface area contributed by atoms with Gasteiger partial charge in [0.15, 0.2) is 11.6 Å². The molecule has 0 aliphatic rings. The van der Waals surface area contributed by atoms with E-state index in [2.05, 4.69) is 167 Å². The van der Waals surface area contributed by atoms with E-state index in [0.717, 1.165) is 77.1 Å². The summed E-state index contributed by atoms with van der Waals surface area (Å²) in [5.41, 5.74) is 11.4. The van der Waals surface area contributed by atoms with Crippen LogP contribution >= 0.6 is 0 Å². The van der Waals surface area contributed by atoms with Crippen molar-refractivity contribution in [2.24, 2.45) is 0 Å². The number of hydrogen-bond donors (Lipinski definition) is 0. The lowest BCUT2D eigenvalue weighted by Gasteiger charge is -2.11. The SMILES string of the molecule is c1ccc(-c2nc(-c3ccc4oc5ccc6ccccc6c5c4c3)nc(-n3c4ccccc4c4cc(-c5ccc6c(c5)c5ccccc5n6-c5ccccc5)ccc43)n2)cc1. The van der Waals surface area contributed by atoms with Gasteiger partial charge in [-0.15, -0.1) is 0 Å². The summed E-state index contributed by atoms with van der Waals surface area (Å²) in [6.07, 6.45) is 0. The molecule has 6 nitrogen and oxygen atoms in total. The average molecular weight is 780 g/mol. The molecule has 61 heavy (non-hydrogen) atoms. The second kappa shape index (κ2) is 13.1. The van der Waals surface area contributed by atoms with E-state index in [-0.39, 0.29) is 0 Å². The molecule has 284 valence electrons. The Morgan fingerprint density at radius 3 is 1.57 bits per heavy atom. The largest absolute Gasteiger partial charge is 0.456 e. The van der Waals surface area contributed by atoms with Gasteiger partial charge in [-0.2, -0.15) is 9.97 Å². The fourth-order valence-corrected chi connectivity index (χ4v) is 9.37. The molecule has 0 atom stereocenters. The van der Waals surface area contributed by atoms with Crippen molar-refractivity contribution in [1.82, 2.24) is 24.1 Å². The Kier molecular flexibility index (Phi) is 7.21. The van der Waals surface area contributed by atoms with Gasteiger partial charge < -0.3 is 8.98 Å². The molecule has 0 bridgehead atoms. The van der Waals surface area contributed by atoms with Crippen LogP contribution in [0.3, 0.4) is 0 Å². The van der Waals surface area contributed by atoms with Crippen LogP contribution in [0.1, 0.15) is 0 Å². The Labute approximate surface area is 349 Å². The molecule has 13 rings (SSSR count). The first-order valence-electron chi connectivity index (χ1n) is 20.5. The number of furan rings is 1. The number of hydrogen-bond acceptors (Lipinski definition) is 4. The van der Waals surface area contributed by atoms with Crippen molar-refractivity contribution in [2.75, 3.05) is 0 Å². The van der Waals surface area contributed by atoms with Crippen LogP contribution in [-0.2, 0) is 0 Å². The molecular formula is C55H33N5O. The predicted octanol–water partition coefficient (Wildman–Crippen LogP) is 14.1. The summed E-state index contributed by atoms with van der Waals surface area (Å²) in [6.45, 7) is 0. The van der Waals surface area contributed by atoms with E-state index in [1.165, 1.54) is 27.2 Å². The standard InChI is InChI=1S/C55H33N5O/c1-3-14-35(15-4-1)53-56-54(38-26-29-50-45(33-38)52-40-18-8-7-13-34(40)25-30-51(52)61-50)58-55(57-53)60-47-22-12-10-20-42(47)44-32-37(24-28-49(44)60)36-23-27-48-43(31-36)41-19-9-11-21-46(41)59(48)39-16-5-2-6-17-39/h1-33H. The van der Waals surface area contributed by atoms with Gasteiger partial charge in [0.05, 0.1) is 22.1 Å². The van der Waals surface area contributed by atoms with Crippen molar-refractivity contribution in [3.05, 3.63) is 200 Å². The third kappa shape index (κ3) is 5.19. The lowest BCUT2D eigenvalue weighted by atomic mass is 10.0. The maximum atomic E-state index is 6.37. The minimum Gasteiger partial charge on any atom is -0.456 e. The summed E-state index contributed by atoms with van der Waals surface area (Å²) in [5, 5.41) is 9.15. The van der Waals surface area contributed by atoms with Gasteiger partial charge in [-0.05, 0) is 94.7 Å². The van der Waals surface area contributed by atoms with Gasteiger partial charge in [-0.1, -0.05) is 127 Å². The molecule has 0 amide bonds. The molecule has 0 aliphatic heterocycles. The molecule has 6 heteroatoms. The van der Waals surface area contributed by atoms with E-state index in [0.29, 0.717) is 17.6 Å². The molecule has 9 aromatic carbocycles. The average Bonchev–Trinajstić information content (AvgIpc) is 3.99. The highest BCUT2D eigenvalue weighted by Crippen LogP contribution is 2.40. The third-order valence-corrected chi connectivity index (χ3v) is 12.2. The van der Waals surface area contributed by atoms with Gasteiger partial charge in [-0.3, -0.25) is 4.57 Å². The van der Waals surface area contributed by atoms with E-state index >= 15 is 0 Å². The summed E-state index contributed by atoms with van der Waals surface area (Å²) >= 11 is 0. The van der Waals surface area contributed by atoms with Crippen LogP contribution in [0.25, 0.3) is 122 Å². The first kappa shape index (κ1) is 33.6. The Bertz CT molecular complexity index is 3880. The minimum atomic E-state index is 0.556. The maximum absolute atomic E-state index is 6.37. The molecule has 13 aromatic rings. The van der Waals surface area contributed by atoms with Crippen molar-refractivity contribution in [1.29, 1.82) is 0 Å². The summed E-state index contributed by atoms with van der Waals surface area (Å²) in [6, 6.07) is 70.4. The van der Waals surface area contributed by atoms with E-state index in [1.54, 1.807) is 0 Å². The molecule has 0 fully saturated rings. The lowest BCUT2D eigenvalue weighted by Crippen LogP contribution is -2.06. The number of rotatable bonds is 5. The molecule has 0 radical (unpaired) electrons. The first-order valence-corrected chi connectivity index (χ1v) is 20.5. The Balaban J connectivity index is 1.00. The number of nitrogens with zero attached hydrogens (tertiary/aromatic N) is 5. The van der Waals surface area contributed by atoms with Gasteiger partial charge in [0.2, 0.25) is 5.95 Å². The zero-order valence-corrected chi connectivity index (χ0v) is 32.7. The van der Waals surface area contributed by atoms with Crippen LogP contribution in [0, 0.1) is 0 Å². The maximum Gasteiger partial charge on any atom is 0.238 e. The molecule has 0 N–H and O–H groups in total. The van der Waals surface area contributed by atoms with E-state index in [9.17, 15) is 0 Å². The van der Waals surface area contributed by atoms with E-state index < -0.39 is 0 Å². The van der Waals surface area contributed by atoms with Gasteiger partial charge in [0.1, 0.15) is 11.2 Å². The fraction of sp³-hybridized carbons (Fsp3) is 0. The Hall–Kier alpha value is -8.35. The Morgan fingerprint density at radius 2 is 0.852 bits per heavy atom. The molecule has 0 saturated carbocycles. The molecule has 0 aliphatic carbocycles. The molecule has 4 heterocycles.